The lowest BCUT2D eigenvalue weighted by Gasteiger charge is -1.99. The van der Waals surface area contributed by atoms with Crippen LogP contribution in [0.2, 0.25) is 0 Å². The number of benzene rings is 1. The molecule has 0 unspecified atom stereocenters. The van der Waals surface area contributed by atoms with E-state index >= 15 is 0 Å². The Morgan fingerprint density at radius 2 is 1.87 bits per heavy atom. The molecule has 2 aromatic rings. The normalized spacial score (nSPS) is 10.3. The average Bonchev–Trinajstić information content (AvgIpc) is 2.65. The highest BCUT2D eigenvalue weighted by molar-refractivity contribution is 7.12. The monoisotopic (exact) mass is 220 g/mol. The van der Waals surface area contributed by atoms with E-state index in [1.54, 1.807) is 0 Å². The first-order valence-electron chi connectivity index (χ1n) is 4.53. The predicted molar refractivity (Wildman–Crippen MR) is 58.9 cm³/mol. The van der Waals surface area contributed by atoms with Crippen LogP contribution >= 0.6 is 11.3 Å². The summed E-state index contributed by atoms with van der Waals surface area (Å²) in [6.45, 7) is 1.90. The van der Waals surface area contributed by atoms with Crippen molar-refractivity contribution in [3.63, 3.8) is 0 Å². The largest absolute Gasteiger partial charge is 0.288 e. The highest BCUT2D eigenvalue weighted by atomic mass is 32.1. The topological polar surface area (TPSA) is 17.1 Å². The summed E-state index contributed by atoms with van der Waals surface area (Å²) in [5, 5.41) is 1.88. The minimum Gasteiger partial charge on any atom is -0.288 e. The molecule has 0 saturated heterocycles. The molecule has 3 heteroatoms. The minimum atomic E-state index is -0.325. The smallest absolute Gasteiger partial charge is 0.203 e. The molecule has 0 aliphatic heterocycles. The maximum absolute atomic E-state index is 12.7. The van der Waals surface area contributed by atoms with Crippen molar-refractivity contribution in [2.24, 2.45) is 0 Å². The summed E-state index contributed by atoms with van der Waals surface area (Å²) in [5.74, 6) is -0.364. The van der Waals surface area contributed by atoms with E-state index in [1.807, 2.05) is 18.4 Å². The predicted octanol–water partition coefficient (Wildman–Crippen LogP) is 3.43. The first-order chi connectivity index (χ1) is 7.18. The fraction of sp³-hybridized carbons (Fsp3) is 0.0833. The highest BCUT2D eigenvalue weighted by Crippen LogP contribution is 2.19. The van der Waals surface area contributed by atoms with Crippen LogP contribution in [-0.4, -0.2) is 5.78 Å². The summed E-state index contributed by atoms with van der Waals surface area (Å²) < 4.78 is 12.7. The minimum absolute atomic E-state index is 0.0394. The Balaban J connectivity index is 2.37. The maximum Gasteiger partial charge on any atom is 0.203 e. The van der Waals surface area contributed by atoms with Crippen LogP contribution in [0.4, 0.5) is 4.39 Å². The molecule has 76 valence electrons. The molecule has 15 heavy (non-hydrogen) atoms. The third-order valence-corrected chi connectivity index (χ3v) is 3.19. The van der Waals surface area contributed by atoms with Crippen LogP contribution in [0.5, 0.6) is 0 Å². The highest BCUT2D eigenvalue weighted by Gasteiger charge is 2.12. The van der Waals surface area contributed by atoms with Crippen LogP contribution in [0.25, 0.3) is 0 Å². The van der Waals surface area contributed by atoms with E-state index in [4.69, 9.17) is 0 Å². The molecule has 2 rings (SSSR count). The number of carbonyl (C=O) groups excluding carboxylic acids is 1. The van der Waals surface area contributed by atoms with Crippen molar-refractivity contribution in [3.8, 4) is 0 Å². The van der Waals surface area contributed by atoms with Crippen molar-refractivity contribution in [3.05, 3.63) is 57.5 Å². The lowest BCUT2D eigenvalue weighted by molar-refractivity contribution is 0.104. The second-order valence-corrected chi connectivity index (χ2v) is 4.18. The number of carbonyl (C=O) groups is 1. The quantitative estimate of drug-likeness (QED) is 0.709. The fourth-order valence-corrected chi connectivity index (χ4v) is 2.22. The van der Waals surface area contributed by atoms with Gasteiger partial charge in [-0.3, -0.25) is 4.79 Å². The van der Waals surface area contributed by atoms with Gasteiger partial charge in [-0.05, 0) is 48.2 Å². The van der Waals surface area contributed by atoms with Gasteiger partial charge in [0.15, 0.2) is 0 Å². The van der Waals surface area contributed by atoms with Crippen LogP contribution in [0.3, 0.4) is 0 Å². The Morgan fingerprint density at radius 3 is 2.40 bits per heavy atom. The second kappa shape index (κ2) is 3.95. The van der Waals surface area contributed by atoms with Gasteiger partial charge in [0.05, 0.1) is 4.88 Å². The van der Waals surface area contributed by atoms with Crippen molar-refractivity contribution in [1.82, 2.24) is 0 Å². The molecule has 0 bridgehead atoms. The summed E-state index contributed by atoms with van der Waals surface area (Å²) in [6, 6.07) is 7.53. The summed E-state index contributed by atoms with van der Waals surface area (Å²) in [7, 11) is 0. The molecule has 0 N–H and O–H groups in total. The molecule has 1 nitrogen and oxygen atoms in total. The van der Waals surface area contributed by atoms with E-state index in [1.165, 1.54) is 35.6 Å². The van der Waals surface area contributed by atoms with Crippen molar-refractivity contribution >= 4 is 17.1 Å². The van der Waals surface area contributed by atoms with Gasteiger partial charge in [0.1, 0.15) is 5.82 Å². The van der Waals surface area contributed by atoms with Gasteiger partial charge in [-0.1, -0.05) is 0 Å². The second-order valence-electron chi connectivity index (χ2n) is 3.27. The average molecular weight is 220 g/mol. The first kappa shape index (κ1) is 10.1. The molecule has 1 heterocycles. The molecular formula is C12H9FOS. The van der Waals surface area contributed by atoms with E-state index < -0.39 is 0 Å². The lowest BCUT2D eigenvalue weighted by atomic mass is 10.1. The van der Waals surface area contributed by atoms with Gasteiger partial charge in [0.2, 0.25) is 5.78 Å². The van der Waals surface area contributed by atoms with Gasteiger partial charge >= 0.3 is 0 Å². The van der Waals surface area contributed by atoms with Gasteiger partial charge in [0.25, 0.3) is 0 Å². The Kier molecular flexibility index (Phi) is 2.64. The van der Waals surface area contributed by atoms with E-state index in [2.05, 4.69) is 0 Å². The Morgan fingerprint density at radius 1 is 1.20 bits per heavy atom. The number of aryl methyl sites for hydroxylation is 1. The fourth-order valence-electron chi connectivity index (χ4n) is 1.34. The number of thiophene rings is 1. The standard InChI is InChI=1S/C12H9FOS/c1-8-6-7-15-12(8)11(14)9-2-4-10(13)5-3-9/h2-7H,1H3. The molecule has 0 radical (unpaired) electrons. The van der Waals surface area contributed by atoms with Gasteiger partial charge in [-0.2, -0.15) is 0 Å². The summed E-state index contributed by atoms with van der Waals surface area (Å²) in [6.07, 6.45) is 0. The zero-order chi connectivity index (χ0) is 10.8. The van der Waals surface area contributed by atoms with E-state index in [0.717, 1.165) is 10.4 Å². The molecule has 0 aliphatic carbocycles. The van der Waals surface area contributed by atoms with Crippen molar-refractivity contribution in [1.29, 1.82) is 0 Å². The number of rotatable bonds is 2. The zero-order valence-electron chi connectivity index (χ0n) is 8.16. The summed E-state index contributed by atoms with van der Waals surface area (Å²) in [5.41, 5.74) is 1.50. The molecule has 0 atom stereocenters. The van der Waals surface area contributed by atoms with Crippen molar-refractivity contribution in [2.75, 3.05) is 0 Å². The third kappa shape index (κ3) is 1.97. The van der Waals surface area contributed by atoms with Crippen LogP contribution in [-0.2, 0) is 0 Å². The summed E-state index contributed by atoms with van der Waals surface area (Å²) in [4.78, 5) is 12.7. The molecular weight excluding hydrogens is 211 g/mol. The van der Waals surface area contributed by atoms with E-state index in [-0.39, 0.29) is 11.6 Å². The number of hydrogen-bond acceptors (Lipinski definition) is 2. The lowest BCUT2D eigenvalue weighted by Crippen LogP contribution is -2.00. The Bertz CT molecular complexity index is 485. The molecule has 0 amide bonds. The Hall–Kier alpha value is -1.48. The van der Waals surface area contributed by atoms with Gasteiger partial charge in [0, 0.05) is 5.56 Å². The van der Waals surface area contributed by atoms with Crippen molar-refractivity contribution < 1.29 is 9.18 Å². The van der Waals surface area contributed by atoms with Crippen LogP contribution < -0.4 is 0 Å². The molecule has 0 fully saturated rings. The van der Waals surface area contributed by atoms with Crippen LogP contribution in [0.15, 0.2) is 35.7 Å². The van der Waals surface area contributed by atoms with Crippen molar-refractivity contribution in [2.45, 2.75) is 6.92 Å². The van der Waals surface area contributed by atoms with Gasteiger partial charge in [-0.15, -0.1) is 11.3 Å². The van der Waals surface area contributed by atoms with Crippen LogP contribution in [0, 0.1) is 12.7 Å². The zero-order valence-corrected chi connectivity index (χ0v) is 8.98. The molecule has 1 aromatic carbocycles. The maximum atomic E-state index is 12.7. The SMILES string of the molecule is Cc1ccsc1C(=O)c1ccc(F)cc1. The first-order valence-corrected chi connectivity index (χ1v) is 5.41. The van der Waals surface area contributed by atoms with Crippen LogP contribution in [0.1, 0.15) is 20.8 Å². The number of hydrogen-bond donors (Lipinski definition) is 0. The summed E-state index contributed by atoms with van der Waals surface area (Å²) >= 11 is 1.41. The third-order valence-electron chi connectivity index (χ3n) is 2.17. The Labute approximate surface area is 91.2 Å². The molecule has 0 spiro atoms. The molecule has 0 saturated carbocycles. The number of halogens is 1. The van der Waals surface area contributed by atoms with Gasteiger partial charge < -0.3 is 0 Å². The molecule has 0 aliphatic rings. The number of ketones is 1. The van der Waals surface area contributed by atoms with E-state index in [0.29, 0.717) is 5.56 Å². The van der Waals surface area contributed by atoms with E-state index in [9.17, 15) is 9.18 Å². The molecule has 1 aromatic heterocycles. The van der Waals surface area contributed by atoms with Gasteiger partial charge in [-0.25, -0.2) is 4.39 Å².